The van der Waals surface area contributed by atoms with Gasteiger partial charge in [0.1, 0.15) is 22.6 Å². The molecule has 1 aliphatic heterocycles. The lowest BCUT2D eigenvalue weighted by Gasteiger charge is -2.37. The number of aromatic amines is 1. The molecule has 1 aromatic carbocycles. The summed E-state index contributed by atoms with van der Waals surface area (Å²) in [6, 6.07) is 4.48. The molecular formula is C31H43FN6O3. The van der Waals surface area contributed by atoms with Gasteiger partial charge in [-0.05, 0) is 83.8 Å². The molecule has 9 nitrogen and oxygen atoms in total. The van der Waals surface area contributed by atoms with E-state index >= 15 is 4.39 Å². The Morgan fingerprint density at radius 1 is 1.15 bits per heavy atom. The predicted octanol–water partition coefficient (Wildman–Crippen LogP) is 6.68. The molecule has 2 amide bonds. The fourth-order valence-corrected chi connectivity index (χ4v) is 6.30. The van der Waals surface area contributed by atoms with E-state index in [1.54, 1.807) is 27.9 Å². The molecule has 1 saturated carbocycles. The highest BCUT2D eigenvalue weighted by Crippen LogP contribution is 2.39. The number of benzene rings is 1. The van der Waals surface area contributed by atoms with Gasteiger partial charge in [-0.1, -0.05) is 25.8 Å². The molecule has 0 spiro atoms. The molecule has 3 heterocycles. The number of H-pyrrole nitrogens is 1. The van der Waals surface area contributed by atoms with Gasteiger partial charge in [-0.3, -0.25) is 9.48 Å². The first-order valence-electron chi connectivity index (χ1n) is 15.1. The molecule has 2 unspecified atom stereocenters. The van der Waals surface area contributed by atoms with Gasteiger partial charge in [-0.15, -0.1) is 0 Å². The molecule has 2 aliphatic rings. The first-order chi connectivity index (χ1) is 19.6. The highest BCUT2D eigenvalue weighted by molar-refractivity contribution is 5.92. The molecule has 5 rings (SSSR count). The Bertz CT molecular complexity index is 1380. The predicted molar refractivity (Wildman–Crippen MR) is 155 cm³/mol. The lowest BCUT2D eigenvalue weighted by Crippen LogP contribution is -2.42. The van der Waals surface area contributed by atoms with E-state index in [2.05, 4.69) is 22.3 Å². The summed E-state index contributed by atoms with van der Waals surface area (Å²) in [5.74, 6) is 0.723. The number of carbonyl (C=O) groups excluding carboxylic acids is 2. The molecule has 222 valence electrons. The van der Waals surface area contributed by atoms with Crippen LogP contribution in [0.15, 0.2) is 24.4 Å². The minimum atomic E-state index is -0.635. The number of rotatable bonds is 6. The van der Waals surface area contributed by atoms with Gasteiger partial charge in [0.05, 0.1) is 17.6 Å². The van der Waals surface area contributed by atoms with Crippen molar-refractivity contribution in [1.82, 2.24) is 30.0 Å². The Kier molecular flexibility index (Phi) is 8.38. The Hall–Kier alpha value is -3.43. The lowest BCUT2D eigenvalue weighted by molar-refractivity contribution is 0.00916. The van der Waals surface area contributed by atoms with Crippen LogP contribution in [0.1, 0.15) is 114 Å². The zero-order valence-electron chi connectivity index (χ0n) is 24.9. The van der Waals surface area contributed by atoms with Crippen molar-refractivity contribution >= 4 is 23.0 Å². The Balaban J connectivity index is 1.47. The van der Waals surface area contributed by atoms with Crippen LogP contribution in [0.2, 0.25) is 0 Å². The van der Waals surface area contributed by atoms with Gasteiger partial charge in [-0.2, -0.15) is 5.10 Å². The quantitative estimate of drug-likeness (QED) is 0.346. The second-order valence-electron chi connectivity index (χ2n) is 12.7. The molecule has 2 atom stereocenters. The minimum absolute atomic E-state index is 0.178. The number of nitrogens with one attached hydrogen (secondary N) is 2. The van der Waals surface area contributed by atoms with Crippen molar-refractivity contribution in [3.8, 4) is 0 Å². The van der Waals surface area contributed by atoms with Gasteiger partial charge < -0.3 is 19.9 Å². The van der Waals surface area contributed by atoms with E-state index in [0.717, 1.165) is 38.5 Å². The van der Waals surface area contributed by atoms with Crippen molar-refractivity contribution in [2.75, 3.05) is 6.54 Å². The number of ether oxygens (including phenoxy) is 1. The van der Waals surface area contributed by atoms with E-state index in [-0.39, 0.29) is 17.3 Å². The average molecular weight is 567 g/mol. The molecule has 1 aliphatic carbocycles. The van der Waals surface area contributed by atoms with Crippen LogP contribution >= 0.6 is 0 Å². The molecule has 41 heavy (non-hydrogen) atoms. The summed E-state index contributed by atoms with van der Waals surface area (Å²) in [5.41, 5.74) is 1.10. The third kappa shape index (κ3) is 6.26. The Morgan fingerprint density at radius 2 is 1.90 bits per heavy atom. The van der Waals surface area contributed by atoms with Crippen LogP contribution in [0.25, 0.3) is 11.0 Å². The van der Waals surface area contributed by atoms with E-state index < -0.39 is 29.6 Å². The molecule has 0 bridgehead atoms. The molecule has 10 heteroatoms. The number of piperidine rings is 1. The number of aryl methyl sites for hydroxylation is 1. The van der Waals surface area contributed by atoms with Crippen molar-refractivity contribution in [2.45, 2.75) is 104 Å². The van der Waals surface area contributed by atoms with Crippen LogP contribution in [-0.2, 0) is 11.3 Å². The van der Waals surface area contributed by atoms with E-state index in [9.17, 15) is 9.59 Å². The normalized spacial score (nSPS) is 22.5. The molecule has 2 N–H and O–H groups in total. The summed E-state index contributed by atoms with van der Waals surface area (Å²) in [4.78, 5) is 36.1. The van der Waals surface area contributed by atoms with Gasteiger partial charge in [0.25, 0.3) is 5.91 Å². The average Bonchev–Trinajstić information content (AvgIpc) is 3.59. The third-order valence-electron chi connectivity index (χ3n) is 8.49. The van der Waals surface area contributed by atoms with Gasteiger partial charge in [-0.25, -0.2) is 14.2 Å². The molecule has 2 fully saturated rings. The van der Waals surface area contributed by atoms with Gasteiger partial charge >= 0.3 is 6.09 Å². The first kappa shape index (κ1) is 29.1. The molecule has 0 radical (unpaired) electrons. The molecular weight excluding hydrogens is 523 g/mol. The summed E-state index contributed by atoms with van der Waals surface area (Å²) in [6.07, 6.45) is 7.66. The monoisotopic (exact) mass is 566 g/mol. The highest BCUT2D eigenvalue weighted by Gasteiger charge is 2.35. The molecule has 1 saturated heterocycles. The second kappa shape index (κ2) is 11.8. The minimum Gasteiger partial charge on any atom is -0.444 e. The van der Waals surface area contributed by atoms with Crippen LogP contribution in [0.3, 0.4) is 0 Å². The van der Waals surface area contributed by atoms with Crippen molar-refractivity contribution in [2.24, 2.45) is 11.8 Å². The summed E-state index contributed by atoms with van der Waals surface area (Å²) < 4.78 is 23.5. The van der Waals surface area contributed by atoms with E-state index in [4.69, 9.17) is 9.72 Å². The van der Waals surface area contributed by atoms with Crippen LogP contribution < -0.4 is 5.32 Å². The van der Waals surface area contributed by atoms with Crippen molar-refractivity contribution in [3.63, 3.8) is 0 Å². The Morgan fingerprint density at radius 3 is 2.61 bits per heavy atom. The van der Waals surface area contributed by atoms with Crippen molar-refractivity contribution in [1.29, 1.82) is 0 Å². The SMILES string of the molecule is CCn1nccc1C(=O)NC(c1nc2c(F)c(C3CCCCN3C(=O)OC(C)(C)C)ccc2[nH]1)C1CCC(C)CC1. The van der Waals surface area contributed by atoms with Crippen molar-refractivity contribution < 1.29 is 18.7 Å². The number of nitrogens with zero attached hydrogens (tertiary/aromatic N) is 4. The molecule has 3 aromatic rings. The smallest absolute Gasteiger partial charge is 0.410 e. The van der Waals surface area contributed by atoms with E-state index in [1.807, 2.05) is 33.8 Å². The number of halogens is 1. The fourth-order valence-electron chi connectivity index (χ4n) is 6.30. The lowest BCUT2D eigenvalue weighted by atomic mass is 9.79. The van der Waals surface area contributed by atoms with Crippen LogP contribution in [0.4, 0.5) is 9.18 Å². The van der Waals surface area contributed by atoms with Gasteiger partial charge in [0.15, 0.2) is 5.82 Å². The van der Waals surface area contributed by atoms with E-state index in [0.29, 0.717) is 48.0 Å². The van der Waals surface area contributed by atoms with Crippen LogP contribution in [0, 0.1) is 17.7 Å². The van der Waals surface area contributed by atoms with Gasteiger partial charge in [0, 0.05) is 24.8 Å². The highest BCUT2D eigenvalue weighted by atomic mass is 19.1. The van der Waals surface area contributed by atoms with E-state index in [1.165, 1.54) is 0 Å². The maximum atomic E-state index is 16.2. The Labute approximate surface area is 241 Å². The first-order valence-corrected chi connectivity index (χ1v) is 15.1. The summed E-state index contributed by atoms with van der Waals surface area (Å²) in [5, 5.41) is 7.45. The number of likely N-dealkylation sites (tertiary alicyclic amines) is 1. The summed E-state index contributed by atoms with van der Waals surface area (Å²) >= 11 is 0. The van der Waals surface area contributed by atoms with Crippen LogP contribution in [0.5, 0.6) is 0 Å². The number of aromatic nitrogens is 4. The van der Waals surface area contributed by atoms with Crippen molar-refractivity contribution in [3.05, 3.63) is 47.3 Å². The number of carbonyl (C=O) groups is 2. The number of fused-ring (bicyclic) bond motifs is 1. The number of hydrogen-bond acceptors (Lipinski definition) is 5. The standard InChI is InChI=1S/C31H43FN6O3/c1-6-38-24(16-17-33-38)29(39)36-26(20-12-10-19(2)11-13-20)28-34-22-15-14-21(25(32)27(22)35-28)23-9-7-8-18-37(23)30(40)41-31(3,4)5/h14-17,19-20,23,26H,6-13,18H2,1-5H3,(H,34,35)(H,36,39). The zero-order chi connectivity index (χ0) is 29.3. The summed E-state index contributed by atoms with van der Waals surface area (Å²) in [6.45, 7) is 10.8. The zero-order valence-corrected chi connectivity index (χ0v) is 24.9. The third-order valence-corrected chi connectivity index (χ3v) is 8.49. The largest absolute Gasteiger partial charge is 0.444 e. The molecule has 2 aromatic heterocycles. The number of hydrogen-bond donors (Lipinski definition) is 2. The van der Waals surface area contributed by atoms with Gasteiger partial charge in [0.2, 0.25) is 0 Å². The summed E-state index contributed by atoms with van der Waals surface area (Å²) in [7, 11) is 0. The second-order valence-corrected chi connectivity index (χ2v) is 12.7. The number of imidazole rings is 1. The fraction of sp³-hybridized carbons (Fsp3) is 0.613. The van der Waals surface area contributed by atoms with Crippen LogP contribution in [-0.4, -0.2) is 48.8 Å². The maximum absolute atomic E-state index is 16.2. The topological polar surface area (TPSA) is 105 Å². The maximum Gasteiger partial charge on any atom is 0.410 e. The number of amides is 2.